The first-order chi connectivity index (χ1) is 9.72. The molecule has 2 fully saturated rings. The fourth-order valence-electron chi connectivity index (χ4n) is 3.79. The number of rotatable bonds is 3. The zero-order valence-electron chi connectivity index (χ0n) is 12.9. The van der Waals surface area contributed by atoms with E-state index in [1.54, 1.807) is 0 Å². The number of nitrogens with one attached hydrogen (secondary N) is 1. The molecule has 5 heteroatoms. The third-order valence-electron chi connectivity index (χ3n) is 4.67. The van der Waals surface area contributed by atoms with Gasteiger partial charge in [-0.25, -0.2) is 0 Å². The molecule has 1 aromatic rings. The predicted octanol–water partition coefficient (Wildman–Crippen LogP) is 1.60. The van der Waals surface area contributed by atoms with Gasteiger partial charge in [-0.1, -0.05) is 12.8 Å². The molecule has 1 aromatic heterocycles. The summed E-state index contributed by atoms with van der Waals surface area (Å²) in [4.78, 5) is 2.56. The van der Waals surface area contributed by atoms with Crippen molar-refractivity contribution in [3.05, 3.63) is 11.3 Å². The summed E-state index contributed by atoms with van der Waals surface area (Å²) in [6.45, 7) is 4.81. The summed E-state index contributed by atoms with van der Waals surface area (Å²) in [5.74, 6) is 1.29. The van der Waals surface area contributed by atoms with Crippen molar-refractivity contribution in [3.8, 4) is 0 Å². The molecule has 1 aliphatic carbocycles. The highest BCUT2D eigenvalue weighted by atomic mass is 16.5. The van der Waals surface area contributed by atoms with E-state index in [0.717, 1.165) is 25.4 Å². The molecule has 1 saturated heterocycles. The first-order valence-corrected chi connectivity index (χ1v) is 7.77. The zero-order chi connectivity index (χ0) is 14.1. The van der Waals surface area contributed by atoms with Crippen molar-refractivity contribution >= 4 is 5.82 Å². The van der Waals surface area contributed by atoms with Crippen molar-refractivity contribution in [2.75, 3.05) is 25.1 Å². The SMILES string of the molecule is CNCc1c(C)nn(C)c1N1CCOC2CCCCC21. The average Bonchev–Trinajstić information content (AvgIpc) is 2.73. The summed E-state index contributed by atoms with van der Waals surface area (Å²) >= 11 is 0. The molecule has 0 radical (unpaired) electrons. The van der Waals surface area contributed by atoms with E-state index in [4.69, 9.17) is 4.74 Å². The smallest absolute Gasteiger partial charge is 0.131 e. The van der Waals surface area contributed by atoms with E-state index >= 15 is 0 Å². The normalized spacial score (nSPS) is 26.6. The lowest BCUT2D eigenvalue weighted by molar-refractivity contribution is -0.00930. The Bertz CT molecular complexity index is 469. The minimum absolute atomic E-state index is 0.412. The highest BCUT2D eigenvalue weighted by Gasteiger charge is 2.36. The van der Waals surface area contributed by atoms with Crippen molar-refractivity contribution in [2.24, 2.45) is 7.05 Å². The molecule has 0 amide bonds. The van der Waals surface area contributed by atoms with Crippen LogP contribution in [0.1, 0.15) is 36.9 Å². The van der Waals surface area contributed by atoms with Crippen LogP contribution in [-0.4, -0.2) is 42.1 Å². The van der Waals surface area contributed by atoms with Gasteiger partial charge in [0.1, 0.15) is 5.82 Å². The van der Waals surface area contributed by atoms with Crippen molar-refractivity contribution in [1.82, 2.24) is 15.1 Å². The van der Waals surface area contributed by atoms with Crippen LogP contribution in [0.25, 0.3) is 0 Å². The molecule has 1 saturated carbocycles. The molecule has 0 spiro atoms. The molecule has 2 heterocycles. The van der Waals surface area contributed by atoms with E-state index in [1.807, 2.05) is 7.05 Å². The summed E-state index contributed by atoms with van der Waals surface area (Å²) in [6, 6.07) is 0.530. The second kappa shape index (κ2) is 5.74. The van der Waals surface area contributed by atoms with Gasteiger partial charge in [-0.2, -0.15) is 5.10 Å². The fraction of sp³-hybridized carbons (Fsp3) is 0.800. The average molecular weight is 278 g/mol. The van der Waals surface area contributed by atoms with E-state index in [1.165, 1.54) is 37.1 Å². The summed E-state index contributed by atoms with van der Waals surface area (Å²) in [6.07, 6.45) is 5.49. The van der Waals surface area contributed by atoms with Crippen LogP contribution in [0.4, 0.5) is 5.82 Å². The Morgan fingerprint density at radius 3 is 2.95 bits per heavy atom. The lowest BCUT2D eigenvalue weighted by Gasteiger charge is -2.45. The highest BCUT2D eigenvalue weighted by Crippen LogP contribution is 2.34. The van der Waals surface area contributed by atoms with Gasteiger partial charge < -0.3 is 15.0 Å². The number of aryl methyl sites for hydroxylation is 2. The second-order valence-electron chi connectivity index (χ2n) is 6.00. The number of hydrogen-bond donors (Lipinski definition) is 1. The molecule has 0 aromatic carbocycles. The van der Waals surface area contributed by atoms with Crippen LogP contribution in [0, 0.1) is 6.92 Å². The lowest BCUT2D eigenvalue weighted by Crippen LogP contribution is -2.53. The number of fused-ring (bicyclic) bond motifs is 1. The van der Waals surface area contributed by atoms with Gasteiger partial charge in [0.05, 0.1) is 24.4 Å². The molecule has 1 N–H and O–H groups in total. The molecule has 112 valence electrons. The molecular weight excluding hydrogens is 252 g/mol. The highest BCUT2D eigenvalue weighted by molar-refractivity contribution is 5.51. The molecule has 1 aliphatic heterocycles. The minimum Gasteiger partial charge on any atom is -0.374 e. The number of aromatic nitrogens is 2. The fourth-order valence-corrected chi connectivity index (χ4v) is 3.79. The third-order valence-corrected chi connectivity index (χ3v) is 4.67. The maximum atomic E-state index is 5.99. The third kappa shape index (κ3) is 2.33. The van der Waals surface area contributed by atoms with Crippen molar-refractivity contribution in [2.45, 2.75) is 51.3 Å². The number of morpholine rings is 1. The van der Waals surface area contributed by atoms with Crippen LogP contribution < -0.4 is 10.2 Å². The van der Waals surface area contributed by atoms with Crippen molar-refractivity contribution in [3.63, 3.8) is 0 Å². The first kappa shape index (κ1) is 13.9. The lowest BCUT2D eigenvalue weighted by atomic mass is 9.90. The second-order valence-corrected chi connectivity index (χ2v) is 6.00. The topological polar surface area (TPSA) is 42.3 Å². The van der Waals surface area contributed by atoms with Crippen LogP contribution in [0.15, 0.2) is 0 Å². The van der Waals surface area contributed by atoms with Crippen LogP contribution in [0.2, 0.25) is 0 Å². The van der Waals surface area contributed by atoms with Gasteiger partial charge >= 0.3 is 0 Å². The van der Waals surface area contributed by atoms with Crippen LogP contribution in [0.5, 0.6) is 0 Å². The van der Waals surface area contributed by atoms with E-state index in [9.17, 15) is 0 Å². The van der Waals surface area contributed by atoms with Gasteiger partial charge in [0.15, 0.2) is 0 Å². The van der Waals surface area contributed by atoms with Gasteiger partial charge in [0.25, 0.3) is 0 Å². The summed E-state index contributed by atoms with van der Waals surface area (Å²) in [7, 11) is 4.06. The Morgan fingerprint density at radius 2 is 2.15 bits per heavy atom. The molecule has 2 aliphatic rings. The van der Waals surface area contributed by atoms with Crippen LogP contribution >= 0.6 is 0 Å². The van der Waals surface area contributed by atoms with Gasteiger partial charge in [-0.15, -0.1) is 0 Å². The summed E-state index contributed by atoms with van der Waals surface area (Å²) in [5, 5.41) is 7.92. The monoisotopic (exact) mass is 278 g/mol. The molecule has 2 atom stereocenters. The number of anilines is 1. The molecular formula is C15H26N4O. The van der Waals surface area contributed by atoms with Gasteiger partial charge in [0.2, 0.25) is 0 Å². The van der Waals surface area contributed by atoms with Crippen LogP contribution in [0.3, 0.4) is 0 Å². The standard InChI is InChI=1S/C15H26N4O/c1-11-12(10-16-2)15(18(3)17-11)19-8-9-20-14-7-5-4-6-13(14)19/h13-14,16H,4-10H2,1-3H3. The maximum Gasteiger partial charge on any atom is 0.131 e. The first-order valence-electron chi connectivity index (χ1n) is 7.77. The number of nitrogens with zero attached hydrogens (tertiary/aromatic N) is 3. The molecule has 2 unspecified atom stereocenters. The van der Waals surface area contributed by atoms with E-state index in [2.05, 4.69) is 34.0 Å². The van der Waals surface area contributed by atoms with Crippen molar-refractivity contribution < 1.29 is 4.74 Å². The summed E-state index contributed by atoms with van der Waals surface area (Å²) in [5.41, 5.74) is 2.47. The molecule has 5 nitrogen and oxygen atoms in total. The Balaban J connectivity index is 1.94. The predicted molar refractivity (Wildman–Crippen MR) is 80.1 cm³/mol. The molecule has 3 rings (SSSR count). The van der Waals surface area contributed by atoms with Crippen LogP contribution in [-0.2, 0) is 18.3 Å². The number of hydrogen-bond acceptors (Lipinski definition) is 4. The van der Waals surface area contributed by atoms with Gasteiger partial charge in [-0.05, 0) is 26.8 Å². The van der Waals surface area contributed by atoms with E-state index in [0.29, 0.717) is 12.1 Å². The van der Waals surface area contributed by atoms with Gasteiger partial charge in [0, 0.05) is 25.7 Å². The number of ether oxygens (including phenoxy) is 1. The Hall–Kier alpha value is -1.07. The zero-order valence-corrected chi connectivity index (χ0v) is 12.9. The molecule has 0 bridgehead atoms. The maximum absolute atomic E-state index is 5.99. The van der Waals surface area contributed by atoms with Crippen molar-refractivity contribution in [1.29, 1.82) is 0 Å². The van der Waals surface area contributed by atoms with Gasteiger partial charge in [-0.3, -0.25) is 4.68 Å². The quantitative estimate of drug-likeness (QED) is 0.912. The van der Waals surface area contributed by atoms with E-state index < -0.39 is 0 Å². The largest absolute Gasteiger partial charge is 0.374 e. The van der Waals surface area contributed by atoms with E-state index in [-0.39, 0.29) is 0 Å². The Labute approximate surface area is 121 Å². The Morgan fingerprint density at radius 1 is 1.35 bits per heavy atom. The molecule has 20 heavy (non-hydrogen) atoms. The summed E-state index contributed by atoms with van der Waals surface area (Å²) < 4.78 is 8.05. The minimum atomic E-state index is 0.412. The Kier molecular flexibility index (Phi) is 3.98.